The Bertz CT molecular complexity index is 230. The molecule has 2 heterocycles. The lowest BCUT2D eigenvalue weighted by Crippen LogP contribution is -2.55. The summed E-state index contributed by atoms with van der Waals surface area (Å²) in [6.45, 7) is 3.89. The Balaban J connectivity index is 1.77. The van der Waals surface area contributed by atoms with Crippen LogP contribution in [-0.2, 0) is 0 Å². The molecule has 0 saturated carbocycles. The zero-order valence-electron chi connectivity index (χ0n) is 9.47. The second kappa shape index (κ2) is 4.92. The second-order valence-corrected chi connectivity index (χ2v) is 4.85. The van der Waals surface area contributed by atoms with Gasteiger partial charge in [0.05, 0.1) is 6.42 Å². The lowest BCUT2D eigenvalue weighted by Gasteiger charge is -2.44. The minimum absolute atomic E-state index is 0.174. The molecule has 0 aromatic carbocycles. The molecule has 2 rings (SSSR count). The van der Waals surface area contributed by atoms with E-state index in [4.69, 9.17) is 0 Å². The van der Waals surface area contributed by atoms with Gasteiger partial charge in [-0.2, -0.15) is 13.2 Å². The average molecular weight is 236 g/mol. The fourth-order valence-electron chi connectivity index (χ4n) is 2.71. The quantitative estimate of drug-likeness (QED) is 0.724. The molecular weight excluding hydrogens is 217 g/mol. The van der Waals surface area contributed by atoms with Crippen LogP contribution in [0.1, 0.15) is 25.7 Å². The molecular formula is C11H19F3N2. The van der Waals surface area contributed by atoms with Crippen LogP contribution < -0.4 is 0 Å². The van der Waals surface area contributed by atoms with Gasteiger partial charge in [0.2, 0.25) is 0 Å². The van der Waals surface area contributed by atoms with Crippen LogP contribution in [-0.4, -0.2) is 54.7 Å². The van der Waals surface area contributed by atoms with E-state index in [0.29, 0.717) is 6.04 Å². The maximum atomic E-state index is 12.1. The average Bonchev–Trinajstić information content (AvgIpc) is 2.25. The molecule has 0 aromatic rings. The fraction of sp³-hybridized carbons (Fsp3) is 1.00. The van der Waals surface area contributed by atoms with Crippen LogP contribution in [0, 0.1) is 0 Å². The van der Waals surface area contributed by atoms with Crippen molar-refractivity contribution in [2.24, 2.45) is 0 Å². The van der Waals surface area contributed by atoms with E-state index in [1.165, 1.54) is 12.8 Å². The van der Waals surface area contributed by atoms with Crippen molar-refractivity contribution in [3.8, 4) is 0 Å². The first-order valence-corrected chi connectivity index (χ1v) is 6.08. The SMILES string of the molecule is FC(F)(F)CCN1CCN2CCCCC2C1. The Hall–Kier alpha value is -0.290. The zero-order chi connectivity index (χ0) is 11.6. The predicted octanol–water partition coefficient (Wildman–Crippen LogP) is 2.11. The zero-order valence-corrected chi connectivity index (χ0v) is 9.47. The summed E-state index contributed by atoms with van der Waals surface area (Å²) in [6, 6.07) is 0.510. The first-order chi connectivity index (χ1) is 7.54. The Labute approximate surface area is 94.4 Å². The number of nitrogens with zero attached hydrogens (tertiary/aromatic N) is 2. The number of hydrogen-bond donors (Lipinski definition) is 0. The molecule has 0 N–H and O–H groups in total. The number of alkyl halides is 3. The van der Waals surface area contributed by atoms with E-state index in [9.17, 15) is 13.2 Å². The van der Waals surface area contributed by atoms with Crippen LogP contribution in [0.4, 0.5) is 13.2 Å². The van der Waals surface area contributed by atoms with E-state index < -0.39 is 12.6 Å². The first-order valence-electron chi connectivity index (χ1n) is 6.08. The fourth-order valence-corrected chi connectivity index (χ4v) is 2.71. The number of hydrogen-bond acceptors (Lipinski definition) is 2. The second-order valence-electron chi connectivity index (χ2n) is 4.85. The summed E-state index contributed by atoms with van der Waals surface area (Å²) in [6.07, 6.45) is -1.04. The molecule has 0 amide bonds. The van der Waals surface area contributed by atoms with Crippen LogP contribution in [0.3, 0.4) is 0 Å². The molecule has 94 valence electrons. The largest absolute Gasteiger partial charge is 0.390 e. The van der Waals surface area contributed by atoms with Crippen LogP contribution in [0.15, 0.2) is 0 Å². The topological polar surface area (TPSA) is 6.48 Å². The number of halogens is 3. The number of fused-ring (bicyclic) bond motifs is 1. The van der Waals surface area contributed by atoms with Gasteiger partial charge in [0.15, 0.2) is 0 Å². The predicted molar refractivity (Wildman–Crippen MR) is 56.3 cm³/mol. The van der Waals surface area contributed by atoms with Crippen molar-refractivity contribution < 1.29 is 13.2 Å². The van der Waals surface area contributed by atoms with Crippen molar-refractivity contribution >= 4 is 0 Å². The van der Waals surface area contributed by atoms with E-state index in [0.717, 1.165) is 32.6 Å². The van der Waals surface area contributed by atoms with E-state index in [2.05, 4.69) is 4.90 Å². The van der Waals surface area contributed by atoms with E-state index in [1.807, 2.05) is 4.90 Å². The van der Waals surface area contributed by atoms with Gasteiger partial charge in [-0.3, -0.25) is 4.90 Å². The van der Waals surface area contributed by atoms with Gasteiger partial charge in [-0.15, -0.1) is 0 Å². The molecule has 2 fully saturated rings. The van der Waals surface area contributed by atoms with Crippen LogP contribution in [0.5, 0.6) is 0 Å². The van der Waals surface area contributed by atoms with Gasteiger partial charge < -0.3 is 4.90 Å². The molecule has 2 aliphatic heterocycles. The van der Waals surface area contributed by atoms with Crippen molar-refractivity contribution in [3.63, 3.8) is 0 Å². The van der Waals surface area contributed by atoms with E-state index in [-0.39, 0.29) is 6.54 Å². The molecule has 0 radical (unpaired) electrons. The number of piperazine rings is 1. The van der Waals surface area contributed by atoms with Crippen molar-refractivity contribution in [1.82, 2.24) is 9.80 Å². The highest BCUT2D eigenvalue weighted by Gasteiger charge is 2.32. The van der Waals surface area contributed by atoms with Crippen LogP contribution >= 0.6 is 0 Å². The van der Waals surface area contributed by atoms with Crippen LogP contribution in [0.2, 0.25) is 0 Å². The summed E-state index contributed by atoms with van der Waals surface area (Å²) >= 11 is 0. The smallest absolute Gasteiger partial charge is 0.300 e. The molecule has 2 nitrogen and oxygen atoms in total. The Morgan fingerprint density at radius 1 is 1.06 bits per heavy atom. The molecule has 16 heavy (non-hydrogen) atoms. The van der Waals surface area contributed by atoms with Gasteiger partial charge in [0.25, 0.3) is 0 Å². The lowest BCUT2D eigenvalue weighted by molar-refractivity contribution is -0.139. The molecule has 0 bridgehead atoms. The maximum absolute atomic E-state index is 12.1. The van der Waals surface area contributed by atoms with Crippen molar-refractivity contribution in [2.45, 2.75) is 37.9 Å². The Morgan fingerprint density at radius 3 is 2.62 bits per heavy atom. The highest BCUT2D eigenvalue weighted by atomic mass is 19.4. The maximum Gasteiger partial charge on any atom is 0.390 e. The minimum atomic E-state index is -4.01. The third-order valence-electron chi connectivity index (χ3n) is 3.63. The molecule has 2 saturated heterocycles. The summed E-state index contributed by atoms with van der Waals surface area (Å²) in [7, 11) is 0. The van der Waals surface area contributed by atoms with Gasteiger partial charge in [-0.05, 0) is 19.4 Å². The van der Waals surface area contributed by atoms with E-state index >= 15 is 0 Å². The van der Waals surface area contributed by atoms with Crippen LogP contribution in [0.25, 0.3) is 0 Å². The van der Waals surface area contributed by atoms with Gasteiger partial charge in [-0.1, -0.05) is 6.42 Å². The first kappa shape index (κ1) is 12.2. The molecule has 0 aliphatic carbocycles. The molecule has 0 spiro atoms. The van der Waals surface area contributed by atoms with Gasteiger partial charge >= 0.3 is 6.18 Å². The number of piperidine rings is 1. The van der Waals surface area contributed by atoms with Crippen molar-refractivity contribution in [1.29, 1.82) is 0 Å². The highest BCUT2D eigenvalue weighted by molar-refractivity contribution is 4.85. The minimum Gasteiger partial charge on any atom is -0.300 e. The van der Waals surface area contributed by atoms with Gasteiger partial charge in [0, 0.05) is 32.2 Å². The summed E-state index contributed by atoms with van der Waals surface area (Å²) in [5, 5.41) is 0. The molecule has 5 heteroatoms. The molecule has 1 atom stereocenters. The third kappa shape index (κ3) is 3.35. The number of rotatable bonds is 2. The lowest BCUT2D eigenvalue weighted by atomic mass is 9.99. The van der Waals surface area contributed by atoms with Crippen molar-refractivity contribution in [3.05, 3.63) is 0 Å². The monoisotopic (exact) mass is 236 g/mol. The molecule has 0 aromatic heterocycles. The summed E-state index contributed by atoms with van der Waals surface area (Å²) in [5.74, 6) is 0. The third-order valence-corrected chi connectivity index (χ3v) is 3.63. The highest BCUT2D eigenvalue weighted by Crippen LogP contribution is 2.23. The summed E-state index contributed by atoms with van der Waals surface area (Å²) < 4.78 is 36.3. The van der Waals surface area contributed by atoms with Gasteiger partial charge in [0.1, 0.15) is 0 Å². The van der Waals surface area contributed by atoms with E-state index in [1.54, 1.807) is 0 Å². The molecule has 1 unspecified atom stereocenters. The summed E-state index contributed by atoms with van der Waals surface area (Å²) in [4.78, 5) is 4.41. The Kier molecular flexibility index (Phi) is 3.74. The standard InChI is InChI=1S/C11H19F3N2/c12-11(13,14)4-6-15-7-8-16-5-2-1-3-10(16)9-15/h10H,1-9H2. The van der Waals surface area contributed by atoms with Gasteiger partial charge in [-0.25, -0.2) is 0 Å². The summed E-state index contributed by atoms with van der Waals surface area (Å²) in [5.41, 5.74) is 0. The normalized spacial score (nSPS) is 29.1. The Morgan fingerprint density at radius 2 is 1.88 bits per heavy atom. The van der Waals surface area contributed by atoms with Crippen molar-refractivity contribution in [2.75, 3.05) is 32.7 Å². The molecule has 2 aliphatic rings.